The van der Waals surface area contributed by atoms with Crippen LogP contribution in [0.25, 0.3) is 0 Å². The third-order valence-electron chi connectivity index (χ3n) is 2.81. The third-order valence-corrected chi connectivity index (χ3v) is 3.35. The summed E-state index contributed by atoms with van der Waals surface area (Å²) in [5.41, 5.74) is 3.14. The third kappa shape index (κ3) is 3.79. The highest BCUT2D eigenvalue weighted by Gasteiger charge is 2.04. The summed E-state index contributed by atoms with van der Waals surface area (Å²) in [5, 5.41) is 4.04. The summed E-state index contributed by atoms with van der Waals surface area (Å²) < 4.78 is 5.31. The molecule has 0 heterocycles. The Hall–Kier alpha value is -1.38. The van der Waals surface area contributed by atoms with E-state index in [0.29, 0.717) is 17.4 Å². The van der Waals surface area contributed by atoms with E-state index in [1.807, 2.05) is 42.5 Å². The quantitative estimate of drug-likeness (QED) is 0.807. The molecule has 0 aliphatic rings. The van der Waals surface area contributed by atoms with Gasteiger partial charge in [0.1, 0.15) is 5.75 Å². The number of hydrogen-bond donors (Lipinski definition) is 1. The van der Waals surface area contributed by atoms with Crippen LogP contribution >= 0.6 is 23.2 Å². The summed E-state index contributed by atoms with van der Waals surface area (Å²) in [6.45, 7) is 0.648. The summed E-state index contributed by atoms with van der Waals surface area (Å²) in [6, 6.07) is 13.6. The van der Waals surface area contributed by atoms with Gasteiger partial charge >= 0.3 is 0 Å². The van der Waals surface area contributed by atoms with Gasteiger partial charge in [-0.2, -0.15) is 0 Å². The highest BCUT2D eigenvalue weighted by atomic mass is 35.5. The molecule has 0 atom stereocenters. The summed E-state index contributed by atoms with van der Waals surface area (Å²) in [5.74, 6) is 1.33. The molecule has 0 bridgehead atoms. The van der Waals surface area contributed by atoms with Gasteiger partial charge in [0, 0.05) is 28.7 Å². The van der Waals surface area contributed by atoms with Crippen LogP contribution < -0.4 is 10.1 Å². The Labute approximate surface area is 123 Å². The second kappa shape index (κ2) is 6.69. The van der Waals surface area contributed by atoms with Crippen LogP contribution in [0.2, 0.25) is 5.02 Å². The Morgan fingerprint density at radius 2 is 2.00 bits per heavy atom. The SMILES string of the molecule is COc1ccc(Cl)cc1CNc1cccc(CCl)c1. The number of ether oxygens (including phenoxy) is 1. The van der Waals surface area contributed by atoms with E-state index in [9.17, 15) is 0 Å². The van der Waals surface area contributed by atoms with Gasteiger partial charge in [-0.05, 0) is 35.9 Å². The highest BCUT2D eigenvalue weighted by molar-refractivity contribution is 6.30. The number of benzene rings is 2. The molecule has 2 aromatic carbocycles. The first kappa shape index (κ1) is 14.0. The van der Waals surface area contributed by atoms with Gasteiger partial charge < -0.3 is 10.1 Å². The Balaban J connectivity index is 2.11. The Morgan fingerprint density at radius 1 is 1.16 bits per heavy atom. The maximum Gasteiger partial charge on any atom is 0.123 e. The Morgan fingerprint density at radius 3 is 2.74 bits per heavy atom. The van der Waals surface area contributed by atoms with E-state index >= 15 is 0 Å². The van der Waals surface area contributed by atoms with Gasteiger partial charge in [-0.3, -0.25) is 0 Å². The lowest BCUT2D eigenvalue weighted by molar-refractivity contribution is 0.410. The van der Waals surface area contributed by atoms with Crippen LogP contribution in [0.1, 0.15) is 11.1 Å². The molecule has 1 N–H and O–H groups in total. The molecule has 0 unspecified atom stereocenters. The molecule has 4 heteroatoms. The zero-order valence-electron chi connectivity index (χ0n) is 10.6. The lowest BCUT2D eigenvalue weighted by Crippen LogP contribution is -2.02. The molecule has 0 radical (unpaired) electrons. The molecule has 0 amide bonds. The minimum absolute atomic E-state index is 0.510. The van der Waals surface area contributed by atoms with Crippen molar-refractivity contribution >= 4 is 28.9 Å². The Kier molecular flexibility index (Phi) is 4.94. The van der Waals surface area contributed by atoms with E-state index in [0.717, 1.165) is 22.6 Å². The number of rotatable bonds is 5. The number of anilines is 1. The van der Waals surface area contributed by atoms with Crippen molar-refractivity contribution in [1.29, 1.82) is 0 Å². The van der Waals surface area contributed by atoms with Crippen molar-refractivity contribution in [2.75, 3.05) is 12.4 Å². The smallest absolute Gasteiger partial charge is 0.123 e. The predicted molar refractivity (Wildman–Crippen MR) is 81.3 cm³/mol. The molecule has 100 valence electrons. The lowest BCUT2D eigenvalue weighted by Gasteiger charge is -2.11. The fraction of sp³-hybridized carbons (Fsp3) is 0.200. The van der Waals surface area contributed by atoms with Gasteiger partial charge in [-0.25, -0.2) is 0 Å². The predicted octanol–water partition coefficient (Wildman–Crippen LogP) is 4.70. The van der Waals surface area contributed by atoms with Crippen LogP contribution in [0.3, 0.4) is 0 Å². The Bertz CT molecular complexity index is 558. The first-order valence-corrected chi connectivity index (χ1v) is 6.85. The number of halogens is 2. The summed E-state index contributed by atoms with van der Waals surface area (Å²) in [7, 11) is 1.65. The number of nitrogens with one attached hydrogen (secondary N) is 1. The van der Waals surface area contributed by atoms with Crippen LogP contribution in [0.5, 0.6) is 5.75 Å². The summed E-state index contributed by atoms with van der Waals surface area (Å²) in [6.07, 6.45) is 0. The van der Waals surface area contributed by atoms with Crippen molar-refractivity contribution in [2.45, 2.75) is 12.4 Å². The molecular formula is C15H15Cl2NO. The largest absolute Gasteiger partial charge is 0.496 e. The number of alkyl halides is 1. The topological polar surface area (TPSA) is 21.3 Å². The van der Waals surface area contributed by atoms with E-state index < -0.39 is 0 Å². The van der Waals surface area contributed by atoms with E-state index in [2.05, 4.69) is 5.32 Å². The van der Waals surface area contributed by atoms with Crippen LogP contribution in [0, 0.1) is 0 Å². The van der Waals surface area contributed by atoms with Gasteiger partial charge in [0.15, 0.2) is 0 Å². The van der Waals surface area contributed by atoms with Gasteiger partial charge in [-0.1, -0.05) is 23.7 Å². The van der Waals surface area contributed by atoms with Crippen molar-refractivity contribution in [1.82, 2.24) is 0 Å². The molecule has 0 aliphatic heterocycles. The average molecular weight is 296 g/mol. The second-order valence-electron chi connectivity index (χ2n) is 4.14. The molecule has 19 heavy (non-hydrogen) atoms. The molecule has 0 spiro atoms. The fourth-order valence-electron chi connectivity index (χ4n) is 1.85. The van der Waals surface area contributed by atoms with Crippen LogP contribution in [0.4, 0.5) is 5.69 Å². The molecular weight excluding hydrogens is 281 g/mol. The van der Waals surface area contributed by atoms with Crippen molar-refractivity contribution in [2.24, 2.45) is 0 Å². The zero-order valence-corrected chi connectivity index (χ0v) is 12.1. The van der Waals surface area contributed by atoms with Gasteiger partial charge in [-0.15, -0.1) is 11.6 Å². The monoisotopic (exact) mass is 295 g/mol. The number of methoxy groups -OCH3 is 1. The van der Waals surface area contributed by atoms with E-state index in [4.69, 9.17) is 27.9 Å². The first-order valence-electron chi connectivity index (χ1n) is 5.94. The van der Waals surface area contributed by atoms with Crippen LogP contribution in [-0.2, 0) is 12.4 Å². The molecule has 0 saturated carbocycles. The van der Waals surface area contributed by atoms with Gasteiger partial charge in [0.05, 0.1) is 7.11 Å². The molecule has 0 fully saturated rings. The van der Waals surface area contributed by atoms with Crippen molar-refractivity contribution < 1.29 is 4.74 Å². The summed E-state index contributed by atoms with van der Waals surface area (Å²) in [4.78, 5) is 0. The van der Waals surface area contributed by atoms with Crippen LogP contribution in [0.15, 0.2) is 42.5 Å². The molecule has 2 aromatic rings. The lowest BCUT2D eigenvalue weighted by atomic mass is 10.2. The van der Waals surface area contributed by atoms with Crippen LogP contribution in [-0.4, -0.2) is 7.11 Å². The molecule has 2 rings (SSSR count). The van der Waals surface area contributed by atoms with Crippen molar-refractivity contribution in [3.05, 3.63) is 58.6 Å². The molecule has 0 saturated heterocycles. The maximum absolute atomic E-state index is 6.00. The second-order valence-corrected chi connectivity index (χ2v) is 4.85. The van der Waals surface area contributed by atoms with Gasteiger partial charge in [0.2, 0.25) is 0 Å². The van der Waals surface area contributed by atoms with Crippen molar-refractivity contribution in [3.8, 4) is 5.75 Å². The van der Waals surface area contributed by atoms with Crippen molar-refractivity contribution in [3.63, 3.8) is 0 Å². The molecule has 0 aromatic heterocycles. The zero-order chi connectivity index (χ0) is 13.7. The fourth-order valence-corrected chi connectivity index (χ4v) is 2.21. The minimum atomic E-state index is 0.510. The first-order chi connectivity index (χ1) is 9.22. The minimum Gasteiger partial charge on any atom is -0.496 e. The number of hydrogen-bond acceptors (Lipinski definition) is 2. The summed E-state index contributed by atoms with van der Waals surface area (Å²) >= 11 is 11.8. The van der Waals surface area contributed by atoms with E-state index in [1.54, 1.807) is 7.11 Å². The molecule has 2 nitrogen and oxygen atoms in total. The normalized spacial score (nSPS) is 10.3. The standard InChI is InChI=1S/C15H15Cl2NO/c1-19-15-6-5-13(17)8-12(15)10-18-14-4-2-3-11(7-14)9-16/h2-8,18H,9-10H2,1H3. The average Bonchev–Trinajstić information content (AvgIpc) is 2.45. The molecule has 0 aliphatic carbocycles. The van der Waals surface area contributed by atoms with E-state index in [1.165, 1.54) is 0 Å². The van der Waals surface area contributed by atoms with Gasteiger partial charge in [0.25, 0.3) is 0 Å². The highest BCUT2D eigenvalue weighted by Crippen LogP contribution is 2.24. The maximum atomic E-state index is 6.00. The van der Waals surface area contributed by atoms with E-state index in [-0.39, 0.29) is 0 Å².